The predicted octanol–water partition coefficient (Wildman–Crippen LogP) is 5.01. The first kappa shape index (κ1) is 20.7. The molecule has 0 saturated heterocycles. The van der Waals surface area contributed by atoms with Gasteiger partial charge in [-0.25, -0.2) is 4.39 Å². The van der Waals surface area contributed by atoms with Crippen molar-refractivity contribution in [3.05, 3.63) is 82.9 Å². The molecule has 1 amide bonds. The van der Waals surface area contributed by atoms with E-state index in [0.29, 0.717) is 23.8 Å². The first-order valence-corrected chi connectivity index (χ1v) is 9.78. The summed E-state index contributed by atoms with van der Waals surface area (Å²) in [6, 6.07) is 13.7. The fourth-order valence-corrected chi connectivity index (χ4v) is 3.27. The van der Waals surface area contributed by atoms with E-state index in [0.717, 1.165) is 5.56 Å². The first-order chi connectivity index (χ1) is 13.8. The number of rotatable bonds is 7. The van der Waals surface area contributed by atoms with Crippen LogP contribution in [0.4, 0.5) is 10.1 Å². The molecule has 0 bridgehead atoms. The average molecular weight is 394 g/mol. The van der Waals surface area contributed by atoms with E-state index in [4.69, 9.17) is 0 Å². The number of benzene rings is 2. The van der Waals surface area contributed by atoms with E-state index < -0.39 is 0 Å². The molecule has 1 heterocycles. The molecule has 29 heavy (non-hydrogen) atoms. The number of halogens is 1. The van der Waals surface area contributed by atoms with Gasteiger partial charge < -0.3 is 10.6 Å². The fourth-order valence-electron chi connectivity index (χ4n) is 3.27. The van der Waals surface area contributed by atoms with Crippen LogP contribution in [-0.4, -0.2) is 15.7 Å². The van der Waals surface area contributed by atoms with Crippen molar-refractivity contribution in [3.63, 3.8) is 0 Å². The Bertz CT molecular complexity index is 962. The summed E-state index contributed by atoms with van der Waals surface area (Å²) in [4.78, 5) is 12.3. The Morgan fingerprint density at radius 2 is 1.72 bits per heavy atom. The number of aromatic nitrogens is 2. The van der Waals surface area contributed by atoms with Crippen molar-refractivity contribution in [2.75, 3.05) is 5.32 Å². The lowest BCUT2D eigenvalue weighted by Crippen LogP contribution is -2.19. The van der Waals surface area contributed by atoms with Gasteiger partial charge in [-0.1, -0.05) is 12.1 Å². The van der Waals surface area contributed by atoms with Crippen LogP contribution in [0.5, 0.6) is 0 Å². The van der Waals surface area contributed by atoms with Gasteiger partial charge in [-0.3, -0.25) is 9.48 Å². The van der Waals surface area contributed by atoms with Gasteiger partial charge in [0.2, 0.25) is 0 Å². The Morgan fingerprint density at radius 1 is 1.07 bits per heavy atom. The van der Waals surface area contributed by atoms with Gasteiger partial charge in [0.1, 0.15) is 5.82 Å². The molecule has 2 N–H and O–H groups in total. The molecular weight excluding hydrogens is 367 g/mol. The molecule has 0 aliphatic rings. The second kappa shape index (κ2) is 9.01. The summed E-state index contributed by atoms with van der Waals surface area (Å²) in [5.74, 6) is -0.554. The Kier molecular flexibility index (Phi) is 6.44. The molecule has 1 aromatic heterocycles. The highest BCUT2D eigenvalue weighted by Gasteiger charge is 2.14. The molecule has 6 heteroatoms. The molecular formula is C23H27FN4O. The van der Waals surface area contributed by atoms with Crippen LogP contribution in [0.3, 0.4) is 0 Å². The largest absolute Gasteiger partial charge is 0.322 e. The maximum absolute atomic E-state index is 13.0. The molecule has 152 valence electrons. The summed E-state index contributed by atoms with van der Waals surface area (Å²) in [5, 5.41) is 10.7. The van der Waals surface area contributed by atoms with Crippen LogP contribution < -0.4 is 10.6 Å². The second-order valence-electron chi connectivity index (χ2n) is 7.48. The molecule has 5 nitrogen and oxygen atoms in total. The van der Waals surface area contributed by atoms with E-state index in [1.54, 1.807) is 12.1 Å². The minimum atomic E-state index is -0.333. The van der Waals surface area contributed by atoms with Crippen molar-refractivity contribution >= 4 is 11.6 Å². The van der Waals surface area contributed by atoms with Gasteiger partial charge in [0.25, 0.3) is 5.91 Å². The summed E-state index contributed by atoms with van der Waals surface area (Å²) in [5.41, 5.74) is 4.57. The third kappa shape index (κ3) is 5.09. The molecule has 3 rings (SSSR count). The molecule has 0 aliphatic heterocycles. The van der Waals surface area contributed by atoms with Crippen molar-refractivity contribution < 1.29 is 9.18 Å². The predicted molar refractivity (Wildman–Crippen MR) is 113 cm³/mol. The first-order valence-electron chi connectivity index (χ1n) is 9.78. The summed E-state index contributed by atoms with van der Waals surface area (Å²) < 4.78 is 15.0. The molecule has 0 saturated carbocycles. The van der Waals surface area contributed by atoms with Gasteiger partial charge in [0, 0.05) is 41.1 Å². The van der Waals surface area contributed by atoms with Crippen LogP contribution in [0.15, 0.2) is 54.7 Å². The van der Waals surface area contributed by atoms with E-state index in [1.165, 1.54) is 35.5 Å². The quantitative estimate of drug-likeness (QED) is 0.592. The maximum atomic E-state index is 13.0. The summed E-state index contributed by atoms with van der Waals surface area (Å²) >= 11 is 0. The standard InChI is InChI=1S/C23H27FN4O/c1-15(2)28-17(4)22(14-26-28)16(3)25-13-18-5-7-19(8-6-18)23(29)27-21-11-9-20(24)10-12-21/h5-12,14-16,25H,13H2,1-4H3,(H,27,29)/t16-/m0/s1. The Labute approximate surface area is 170 Å². The highest BCUT2D eigenvalue weighted by atomic mass is 19.1. The number of amides is 1. The zero-order valence-electron chi connectivity index (χ0n) is 17.2. The minimum Gasteiger partial charge on any atom is -0.322 e. The van der Waals surface area contributed by atoms with Gasteiger partial charge in [-0.2, -0.15) is 5.10 Å². The Morgan fingerprint density at radius 3 is 2.31 bits per heavy atom. The zero-order chi connectivity index (χ0) is 21.0. The molecule has 0 fully saturated rings. The van der Waals surface area contributed by atoms with Crippen LogP contribution in [0, 0.1) is 12.7 Å². The maximum Gasteiger partial charge on any atom is 0.255 e. The lowest BCUT2D eigenvalue weighted by molar-refractivity contribution is 0.102. The van der Waals surface area contributed by atoms with Crippen molar-refractivity contribution in [1.29, 1.82) is 0 Å². The van der Waals surface area contributed by atoms with E-state index in [2.05, 4.69) is 43.4 Å². The zero-order valence-corrected chi connectivity index (χ0v) is 17.2. The van der Waals surface area contributed by atoms with Crippen molar-refractivity contribution in [2.45, 2.75) is 46.3 Å². The van der Waals surface area contributed by atoms with E-state index >= 15 is 0 Å². The second-order valence-corrected chi connectivity index (χ2v) is 7.48. The smallest absolute Gasteiger partial charge is 0.255 e. The molecule has 0 spiro atoms. The van der Waals surface area contributed by atoms with Crippen LogP contribution in [-0.2, 0) is 6.54 Å². The lowest BCUT2D eigenvalue weighted by atomic mass is 10.1. The number of carbonyl (C=O) groups excluding carboxylic acids is 1. The van der Waals surface area contributed by atoms with Crippen LogP contribution in [0.1, 0.15) is 60.0 Å². The Balaban J connectivity index is 1.57. The number of anilines is 1. The fraction of sp³-hybridized carbons (Fsp3) is 0.304. The van der Waals surface area contributed by atoms with E-state index in [-0.39, 0.29) is 17.8 Å². The summed E-state index contributed by atoms with van der Waals surface area (Å²) in [7, 11) is 0. The monoisotopic (exact) mass is 394 g/mol. The van der Waals surface area contributed by atoms with E-state index in [9.17, 15) is 9.18 Å². The van der Waals surface area contributed by atoms with E-state index in [1.807, 2.05) is 23.0 Å². The Hall–Kier alpha value is -2.99. The highest BCUT2D eigenvalue weighted by molar-refractivity contribution is 6.04. The normalized spacial score (nSPS) is 12.2. The molecule has 3 aromatic rings. The van der Waals surface area contributed by atoms with Crippen LogP contribution >= 0.6 is 0 Å². The lowest BCUT2D eigenvalue weighted by Gasteiger charge is -2.15. The number of nitrogens with one attached hydrogen (secondary N) is 2. The molecule has 0 aliphatic carbocycles. The van der Waals surface area contributed by atoms with Crippen LogP contribution in [0.2, 0.25) is 0 Å². The highest BCUT2D eigenvalue weighted by Crippen LogP contribution is 2.20. The minimum absolute atomic E-state index is 0.170. The SMILES string of the molecule is Cc1c([C@H](C)NCc2ccc(C(=O)Nc3ccc(F)cc3)cc2)cnn1C(C)C. The molecule has 2 aromatic carbocycles. The topological polar surface area (TPSA) is 59.0 Å². The average Bonchev–Trinajstić information content (AvgIpc) is 3.10. The number of hydrogen-bond donors (Lipinski definition) is 2. The van der Waals surface area contributed by atoms with Gasteiger partial charge in [0.05, 0.1) is 6.20 Å². The van der Waals surface area contributed by atoms with Gasteiger partial charge >= 0.3 is 0 Å². The molecule has 0 unspecified atom stereocenters. The number of hydrogen-bond acceptors (Lipinski definition) is 3. The third-order valence-corrected chi connectivity index (χ3v) is 4.97. The van der Waals surface area contributed by atoms with Gasteiger partial charge in [-0.15, -0.1) is 0 Å². The molecule has 1 atom stereocenters. The molecule has 0 radical (unpaired) electrons. The van der Waals surface area contributed by atoms with Gasteiger partial charge in [0.15, 0.2) is 0 Å². The van der Waals surface area contributed by atoms with Crippen LogP contribution in [0.25, 0.3) is 0 Å². The van der Waals surface area contributed by atoms with Gasteiger partial charge in [-0.05, 0) is 69.7 Å². The van der Waals surface area contributed by atoms with Crippen molar-refractivity contribution in [3.8, 4) is 0 Å². The summed E-state index contributed by atoms with van der Waals surface area (Å²) in [6.07, 6.45) is 1.93. The number of carbonyl (C=O) groups is 1. The van der Waals surface area contributed by atoms with Crippen molar-refractivity contribution in [1.82, 2.24) is 15.1 Å². The van der Waals surface area contributed by atoms with Crippen molar-refractivity contribution in [2.24, 2.45) is 0 Å². The number of nitrogens with zero attached hydrogens (tertiary/aromatic N) is 2. The third-order valence-electron chi connectivity index (χ3n) is 4.97. The summed E-state index contributed by atoms with van der Waals surface area (Å²) in [6.45, 7) is 9.15.